The number of nitrogens with one attached hydrogen (secondary N) is 1. The van der Waals surface area contributed by atoms with Crippen molar-refractivity contribution in [3.05, 3.63) is 0 Å². The van der Waals surface area contributed by atoms with Gasteiger partial charge in [0.2, 0.25) is 5.91 Å². The maximum atomic E-state index is 12.7. The number of piperidine rings is 1. The summed E-state index contributed by atoms with van der Waals surface area (Å²) in [6, 6.07) is 0.606. The van der Waals surface area contributed by atoms with Crippen LogP contribution in [0.2, 0.25) is 0 Å². The SMILES string of the molecule is CCCCC(CC)C(=O)N1CCC(NCCC)C(CC)C1. The Kier molecular flexibility index (Phi) is 8.98. The second-order valence-corrected chi connectivity index (χ2v) is 6.55. The quantitative estimate of drug-likeness (QED) is 0.701. The van der Waals surface area contributed by atoms with E-state index in [2.05, 4.69) is 37.9 Å². The summed E-state index contributed by atoms with van der Waals surface area (Å²) < 4.78 is 0. The molecule has 21 heavy (non-hydrogen) atoms. The van der Waals surface area contributed by atoms with Gasteiger partial charge in [-0.2, -0.15) is 0 Å². The van der Waals surface area contributed by atoms with Crippen LogP contribution in [0.1, 0.15) is 72.6 Å². The lowest BCUT2D eigenvalue weighted by molar-refractivity contribution is -0.138. The van der Waals surface area contributed by atoms with Crippen LogP contribution < -0.4 is 5.32 Å². The van der Waals surface area contributed by atoms with Gasteiger partial charge in [-0.1, -0.05) is 47.0 Å². The molecule has 1 N–H and O–H groups in total. The zero-order chi connectivity index (χ0) is 15.7. The molecule has 0 aromatic rings. The molecule has 3 nitrogen and oxygen atoms in total. The normalized spacial score (nSPS) is 24.1. The highest BCUT2D eigenvalue weighted by Gasteiger charge is 2.32. The van der Waals surface area contributed by atoms with Crippen LogP contribution >= 0.6 is 0 Å². The molecule has 3 heteroatoms. The highest BCUT2D eigenvalue weighted by Crippen LogP contribution is 2.24. The van der Waals surface area contributed by atoms with Crippen molar-refractivity contribution in [1.29, 1.82) is 0 Å². The van der Waals surface area contributed by atoms with Crippen molar-refractivity contribution in [3.8, 4) is 0 Å². The van der Waals surface area contributed by atoms with E-state index in [1.807, 2.05) is 0 Å². The monoisotopic (exact) mass is 296 g/mol. The molecule has 1 saturated heterocycles. The third-order valence-electron chi connectivity index (χ3n) is 4.97. The average Bonchev–Trinajstić information content (AvgIpc) is 2.53. The standard InChI is InChI=1S/C18H36N2O/c1-5-9-10-15(7-3)18(21)20-13-11-17(19-12-6-2)16(8-4)14-20/h15-17,19H,5-14H2,1-4H3. The van der Waals surface area contributed by atoms with Gasteiger partial charge >= 0.3 is 0 Å². The second kappa shape index (κ2) is 10.2. The number of likely N-dealkylation sites (tertiary alicyclic amines) is 1. The number of hydrogen-bond acceptors (Lipinski definition) is 2. The lowest BCUT2D eigenvalue weighted by Gasteiger charge is -2.40. The molecule has 1 amide bonds. The van der Waals surface area contributed by atoms with Crippen molar-refractivity contribution in [2.75, 3.05) is 19.6 Å². The van der Waals surface area contributed by atoms with Gasteiger partial charge in [-0.3, -0.25) is 4.79 Å². The minimum atomic E-state index is 0.252. The fourth-order valence-electron chi connectivity index (χ4n) is 3.46. The maximum Gasteiger partial charge on any atom is 0.225 e. The molecule has 0 aromatic carbocycles. The predicted molar refractivity (Wildman–Crippen MR) is 90.4 cm³/mol. The van der Waals surface area contributed by atoms with E-state index < -0.39 is 0 Å². The van der Waals surface area contributed by atoms with Gasteiger partial charge in [0.05, 0.1) is 0 Å². The summed E-state index contributed by atoms with van der Waals surface area (Å²) in [5, 5.41) is 3.67. The zero-order valence-electron chi connectivity index (χ0n) is 14.7. The van der Waals surface area contributed by atoms with E-state index >= 15 is 0 Å². The number of unbranched alkanes of at least 4 members (excludes halogenated alkanes) is 1. The van der Waals surface area contributed by atoms with Crippen LogP contribution in [0.5, 0.6) is 0 Å². The van der Waals surface area contributed by atoms with Crippen LogP contribution in [-0.4, -0.2) is 36.5 Å². The molecule has 1 rings (SSSR count). The maximum absolute atomic E-state index is 12.7. The number of carbonyl (C=O) groups excluding carboxylic acids is 1. The molecule has 0 aliphatic carbocycles. The molecule has 0 bridgehead atoms. The highest BCUT2D eigenvalue weighted by atomic mass is 16.2. The van der Waals surface area contributed by atoms with Crippen molar-refractivity contribution in [3.63, 3.8) is 0 Å². The molecular formula is C18H36N2O. The number of carbonyl (C=O) groups is 1. The first-order valence-corrected chi connectivity index (χ1v) is 9.19. The summed E-state index contributed by atoms with van der Waals surface area (Å²) in [5.74, 6) is 1.29. The van der Waals surface area contributed by atoms with E-state index in [-0.39, 0.29) is 5.92 Å². The van der Waals surface area contributed by atoms with Gasteiger partial charge in [0, 0.05) is 25.0 Å². The highest BCUT2D eigenvalue weighted by molar-refractivity contribution is 5.78. The Morgan fingerprint density at radius 2 is 2.00 bits per heavy atom. The predicted octanol–water partition coefficient (Wildman–Crippen LogP) is 3.83. The van der Waals surface area contributed by atoms with Crippen LogP contribution in [-0.2, 0) is 4.79 Å². The van der Waals surface area contributed by atoms with Gasteiger partial charge in [-0.25, -0.2) is 0 Å². The molecule has 1 aliphatic rings. The minimum absolute atomic E-state index is 0.252. The largest absolute Gasteiger partial charge is 0.342 e. The number of hydrogen-bond donors (Lipinski definition) is 1. The molecule has 0 radical (unpaired) electrons. The van der Waals surface area contributed by atoms with Crippen LogP contribution in [0.3, 0.4) is 0 Å². The molecule has 3 atom stereocenters. The molecule has 0 aromatic heterocycles. The van der Waals surface area contributed by atoms with Gasteiger partial charge in [-0.15, -0.1) is 0 Å². The van der Waals surface area contributed by atoms with Crippen molar-refractivity contribution >= 4 is 5.91 Å². The van der Waals surface area contributed by atoms with E-state index in [1.165, 1.54) is 19.3 Å². The van der Waals surface area contributed by atoms with Gasteiger partial charge in [-0.05, 0) is 38.1 Å². The fourth-order valence-corrected chi connectivity index (χ4v) is 3.46. The first-order chi connectivity index (χ1) is 10.2. The van der Waals surface area contributed by atoms with E-state index in [0.29, 0.717) is 17.9 Å². The number of nitrogens with zero attached hydrogens (tertiary/aromatic N) is 1. The van der Waals surface area contributed by atoms with Crippen LogP contribution in [0, 0.1) is 11.8 Å². The third kappa shape index (κ3) is 5.61. The lowest BCUT2D eigenvalue weighted by Crippen LogP contribution is -2.52. The molecule has 1 heterocycles. The Balaban J connectivity index is 2.54. The Hall–Kier alpha value is -0.570. The Morgan fingerprint density at radius 1 is 1.24 bits per heavy atom. The van der Waals surface area contributed by atoms with E-state index in [9.17, 15) is 4.79 Å². The first kappa shape index (κ1) is 18.5. The summed E-state index contributed by atoms with van der Waals surface area (Å²) >= 11 is 0. The molecule has 1 aliphatic heterocycles. The first-order valence-electron chi connectivity index (χ1n) is 9.19. The summed E-state index contributed by atoms with van der Waals surface area (Å²) in [6.07, 6.45) is 7.89. The number of amides is 1. The lowest BCUT2D eigenvalue weighted by atomic mass is 9.88. The minimum Gasteiger partial charge on any atom is -0.342 e. The van der Waals surface area contributed by atoms with Gasteiger partial charge in [0.1, 0.15) is 0 Å². The van der Waals surface area contributed by atoms with Crippen LogP contribution in [0.4, 0.5) is 0 Å². The van der Waals surface area contributed by atoms with Crippen molar-refractivity contribution in [1.82, 2.24) is 10.2 Å². The van der Waals surface area contributed by atoms with Crippen molar-refractivity contribution < 1.29 is 4.79 Å². The summed E-state index contributed by atoms with van der Waals surface area (Å²) in [4.78, 5) is 14.9. The smallest absolute Gasteiger partial charge is 0.225 e. The Morgan fingerprint density at radius 3 is 2.57 bits per heavy atom. The van der Waals surface area contributed by atoms with Gasteiger partial charge in [0.25, 0.3) is 0 Å². The Labute approximate surface area is 131 Å². The molecule has 1 fully saturated rings. The van der Waals surface area contributed by atoms with Crippen LogP contribution in [0.15, 0.2) is 0 Å². The topological polar surface area (TPSA) is 32.3 Å². The summed E-state index contributed by atoms with van der Waals surface area (Å²) in [5.41, 5.74) is 0. The number of rotatable bonds is 9. The fraction of sp³-hybridized carbons (Fsp3) is 0.944. The molecule has 0 saturated carbocycles. The van der Waals surface area contributed by atoms with Gasteiger partial charge < -0.3 is 10.2 Å². The molecule has 0 spiro atoms. The van der Waals surface area contributed by atoms with Gasteiger partial charge in [0.15, 0.2) is 0 Å². The molecule has 124 valence electrons. The van der Waals surface area contributed by atoms with Crippen molar-refractivity contribution in [2.24, 2.45) is 11.8 Å². The van der Waals surface area contributed by atoms with Crippen LogP contribution in [0.25, 0.3) is 0 Å². The van der Waals surface area contributed by atoms with E-state index in [1.54, 1.807) is 0 Å². The van der Waals surface area contributed by atoms with Crippen molar-refractivity contribution in [2.45, 2.75) is 78.7 Å². The molecular weight excluding hydrogens is 260 g/mol. The second-order valence-electron chi connectivity index (χ2n) is 6.55. The Bertz CT molecular complexity index is 293. The summed E-state index contributed by atoms with van der Waals surface area (Å²) in [7, 11) is 0. The zero-order valence-corrected chi connectivity index (χ0v) is 14.7. The molecule has 3 unspecified atom stereocenters. The van der Waals surface area contributed by atoms with E-state index in [4.69, 9.17) is 0 Å². The average molecular weight is 296 g/mol. The van der Waals surface area contributed by atoms with E-state index in [0.717, 1.165) is 45.3 Å². The summed E-state index contributed by atoms with van der Waals surface area (Å²) in [6.45, 7) is 11.8. The third-order valence-corrected chi connectivity index (χ3v) is 4.97.